The first-order chi connectivity index (χ1) is 7.08. The maximum Gasteiger partial charge on any atom is 0.227 e. The number of carbonyl (C=O) groups excluding carboxylic acids is 1. The quantitative estimate of drug-likeness (QED) is 0.732. The molecule has 0 saturated carbocycles. The number of aromatic nitrogens is 1. The van der Waals surface area contributed by atoms with Crippen molar-refractivity contribution in [2.75, 3.05) is 13.6 Å². The van der Waals surface area contributed by atoms with E-state index in [4.69, 9.17) is 0 Å². The molecule has 0 aromatic carbocycles. The van der Waals surface area contributed by atoms with Gasteiger partial charge in [-0.3, -0.25) is 4.79 Å². The van der Waals surface area contributed by atoms with E-state index in [1.165, 1.54) is 6.20 Å². The van der Waals surface area contributed by atoms with Crippen LogP contribution in [0.1, 0.15) is 17.9 Å². The molecule has 1 aliphatic heterocycles. The second kappa shape index (κ2) is 3.89. The summed E-state index contributed by atoms with van der Waals surface area (Å²) in [5, 5.41) is 0. The van der Waals surface area contributed by atoms with E-state index < -0.39 is 5.95 Å². The molecule has 3 nitrogen and oxygen atoms in total. The Morgan fingerprint density at radius 3 is 2.93 bits per heavy atom. The van der Waals surface area contributed by atoms with Gasteiger partial charge in [0.25, 0.3) is 0 Å². The molecule has 1 aromatic heterocycles. The standard InChI is InChI=1S/C10H10BrFN2O/c1-14-5-7(3-9(14)15)6-2-8(11)10(12)13-4-6/h2,4,7H,3,5H2,1H3. The molecule has 1 atom stereocenters. The van der Waals surface area contributed by atoms with E-state index >= 15 is 0 Å². The van der Waals surface area contributed by atoms with Crippen molar-refractivity contribution < 1.29 is 9.18 Å². The zero-order valence-corrected chi connectivity index (χ0v) is 9.79. The molecule has 0 bridgehead atoms. The molecule has 1 amide bonds. The van der Waals surface area contributed by atoms with E-state index in [1.54, 1.807) is 18.0 Å². The van der Waals surface area contributed by atoms with Gasteiger partial charge in [0.15, 0.2) is 0 Å². The molecule has 0 aliphatic carbocycles. The number of pyridine rings is 1. The molecule has 80 valence electrons. The molecule has 1 aliphatic rings. The Morgan fingerprint density at radius 2 is 2.40 bits per heavy atom. The number of hydrogen-bond acceptors (Lipinski definition) is 2. The van der Waals surface area contributed by atoms with Gasteiger partial charge >= 0.3 is 0 Å². The predicted molar refractivity (Wildman–Crippen MR) is 56.9 cm³/mol. The van der Waals surface area contributed by atoms with E-state index in [0.29, 0.717) is 17.4 Å². The predicted octanol–water partition coefficient (Wildman–Crippen LogP) is 1.93. The van der Waals surface area contributed by atoms with Crippen LogP contribution in [0.3, 0.4) is 0 Å². The molecule has 1 saturated heterocycles. The van der Waals surface area contributed by atoms with Gasteiger partial charge in [-0.25, -0.2) is 4.98 Å². The van der Waals surface area contributed by atoms with Crippen molar-refractivity contribution in [1.82, 2.24) is 9.88 Å². The van der Waals surface area contributed by atoms with Crippen molar-refractivity contribution in [1.29, 1.82) is 0 Å². The highest BCUT2D eigenvalue weighted by Gasteiger charge is 2.28. The van der Waals surface area contributed by atoms with Crippen LogP contribution in [0.2, 0.25) is 0 Å². The minimum Gasteiger partial charge on any atom is -0.345 e. The summed E-state index contributed by atoms with van der Waals surface area (Å²) in [4.78, 5) is 16.6. The van der Waals surface area contributed by atoms with E-state index in [-0.39, 0.29) is 11.8 Å². The first-order valence-electron chi connectivity index (χ1n) is 4.63. The lowest BCUT2D eigenvalue weighted by Crippen LogP contribution is -2.18. The third kappa shape index (κ3) is 2.02. The number of carbonyl (C=O) groups is 1. The van der Waals surface area contributed by atoms with E-state index in [2.05, 4.69) is 20.9 Å². The molecule has 5 heteroatoms. The van der Waals surface area contributed by atoms with Crippen LogP contribution in [0.5, 0.6) is 0 Å². The van der Waals surface area contributed by atoms with Gasteiger partial charge in [-0.2, -0.15) is 4.39 Å². The number of hydrogen-bond donors (Lipinski definition) is 0. The minimum absolute atomic E-state index is 0.125. The Kier molecular flexibility index (Phi) is 2.73. The second-order valence-electron chi connectivity index (χ2n) is 3.72. The fraction of sp³-hybridized carbons (Fsp3) is 0.400. The molecule has 1 aromatic rings. The lowest BCUT2D eigenvalue weighted by atomic mass is 10.0. The maximum atomic E-state index is 12.9. The molecule has 1 fully saturated rings. The molecular weight excluding hydrogens is 263 g/mol. The SMILES string of the molecule is CN1CC(c2cnc(F)c(Br)c2)CC1=O. The highest BCUT2D eigenvalue weighted by molar-refractivity contribution is 9.10. The lowest BCUT2D eigenvalue weighted by molar-refractivity contribution is -0.126. The van der Waals surface area contributed by atoms with Crippen LogP contribution in [0, 0.1) is 5.95 Å². The first kappa shape index (κ1) is 10.5. The summed E-state index contributed by atoms with van der Waals surface area (Å²) in [6.45, 7) is 0.679. The van der Waals surface area contributed by atoms with Crippen molar-refractivity contribution in [3.8, 4) is 0 Å². The average Bonchev–Trinajstić information content (AvgIpc) is 2.52. The summed E-state index contributed by atoms with van der Waals surface area (Å²) in [5.74, 6) is -0.260. The molecule has 15 heavy (non-hydrogen) atoms. The van der Waals surface area contributed by atoms with Crippen molar-refractivity contribution in [3.63, 3.8) is 0 Å². The molecule has 2 rings (SSSR count). The average molecular weight is 273 g/mol. The minimum atomic E-state index is -0.517. The van der Waals surface area contributed by atoms with Crippen LogP contribution in [0.15, 0.2) is 16.7 Å². The number of likely N-dealkylation sites (N-methyl/N-ethyl adjacent to an activating group) is 1. The monoisotopic (exact) mass is 272 g/mol. The summed E-state index contributed by atoms with van der Waals surface area (Å²) in [6, 6.07) is 1.69. The number of rotatable bonds is 1. The van der Waals surface area contributed by atoms with E-state index in [0.717, 1.165) is 5.56 Å². The van der Waals surface area contributed by atoms with Crippen LogP contribution in [0.4, 0.5) is 4.39 Å². The van der Waals surface area contributed by atoms with Gasteiger partial charge < -0.3 is 4.90 Å². The zero-order valence-electron chi connectivity index (χ0n) is 8.20. The van der Waals surface area contributed by atoms with Gasteiger partial charge in [0, 0.05) is 32.1 Å². The Morgan fingerprint density at radius 1 is 1.67 bits per heavy atom. The first-order valence-corrected chi connectivity index (χ1v) is 5.42. The highest BCUT2D eigenvalue weighted by Crippen LogP contribution is 2.28. The fourth-order valence-corrected chi connectivity index (χ4v) is 2.11. The number of nitrogens with zero attached hydrogens (tertiary/aromatic N) is 2. The van der Waals surface area contributed by atoms with Crippen molar-refractivity contribution in [2.24, 2.45) is 0 Å². The Labute approximate surface area is 95.4 Å². The fourth-order valence-electron chi connectivity index (χ4n) is 1.75. The summed E-state index contributed by atoms with van der Waals surface area (Å²) in [5.41, 5.74) is 0.904. The van der Waals surface area contributed by atoms with Gasteiger partial charge in [-0.15, -0.1) is 0 Å². The summed E-state index contributed by atoms with van der Waals surface area (Å²) in [6.07, 6.45) is 1.98. The normalized spacial score (nSPS) is 21.1. The Bertz CT molecular complexity index is 410. The van der Waals surface area contributed by atoms with Crippen LogP contribution in [-0.2, 0) is 4.79 Å². The summed E-state index contributed by atoms with van der Waals surface area (Å²) < 4.78 is 13.3. The van der Waals surface area contributed by atoms with Gasteiger partial charge in [0.05, 0.1) is 4.47 Å². The Balaban J connectivity index is 2.24. The molecule has 0 radical (unpaired) electrons. The second-order valence-corrected chi connectivity index (χ2v) is 4.57. The van der Waals surface area contributed by atoms with Crippen molar-refractivity contribution >= 4 is 21.8 Å². The molecule has 1 unspecified atom stereocenters. The van der Waals surface area contributed by atoms with Crippen molar-refractivity contribution in [3.05, 3.63) is 28.2 Å². The zero-order chi connectivity index (χ0) is 11.0. The summed E-state index contributed by atoms with van der Waals surface area (Å²) >= 11 is 3.09. The third-order valence-corrected chi connectivity index (χ3v) is 3.19. The van der Waals surface area contributed by atoms with Gasteiger partial charge in [-0.05, 0) is 27.6 Å². The van der Waals surface area contributed by atoms with Gasteiger partial charge in [0.2, 0.25) is 11.9 Å². The largest absolute Gasteiger partial charge is 0.345 e. The number of amides is 1. The van der Waals surface area contributed by atoms with Gasteiger partial charge in [-0.1, -0.05) is 0 Å². The van der Waals surface area contributed by atoms with Crippen LogP contribution in [0.25, 0.3) is 0 Å². The molecule has 0 spiro atoms. The van der Waals surface area contributed by atoms with E-state index in [9.17, 15) is 9.18 Å². The number of halogens is 2. The number of likely N-dealkylation sites (tertiary alicyclic amines) is 1. The molecule has 0 N–H and O–H groups in total. The van der Waals surface area contributed by atoms with Crippen LogP contribution >= 0.6 is 15.9 Å². The van der Waals surface area contributed by atoms with Crippen LogP contribution < -0.4 is 0 Å². The highest BCUT2D eigenvalue weighted by atomic mass is 79.9. The van der Waals surface area contributed by atoms with Crippen LogP contribution in [-0.4, -0.2) is 29.4 Å². The van der Waals surface area contributed by atoms with Gasteiger partial charge in [0.1, 0.15) is 0 Å². The summed E-state index contributed by atoms with van der Waals surface area (Å²) in [7, 11) is 1.77. The molecular formula is C10H10BrFN2O. The molecule has 2 heterocycles. The smallest absolute Gasteiger partial charge is 0.227 e. The maximum absolute atomic E-state index is 12.9. The Hall–Kier alpha value is -0.970. The third-order valence-electron chi connectivity index (χ3n) is 2.63. The topological polar surface area (TPSA) is 33.2 Å². The lowest BCUT2D eigenvalue weighted by Gasteiger charge is -2.10. The van der Waals surface area contributed by atoms with E-state index in [1.807, 2.05) is 0 Å². The van der Waals surface area contributed by atoms with Crippen molar-refractivity contribution in [2.45, 2.75) is 12.3 Å².